The third-order valence-electron chi connectivity index (χ3n) is 3.65. The molecule has 3 aromatic rings. The minimum absolute atomic E-state index is 0.0472. The van der Waals surface area contributed by atoms with Gasteiger partial charge in [-0.25, -0.2) is 9.37 Å². The first-order valence-corrected chi connectivity index (χ1v) is 8.71. The lowest BCUT2D eigenvalue weighted by Crippen LogP contribution is -2.25. The van der Waals surface area contributed by atoms with E-state index in [4.69, 9.17) is 4.42 Å². The van der Waals surface area contributed by atoms with Gasteiger partial charge in [0, 0.05) is 17.5 Å². The molecule has 3 rings (SSSR count). The van der Waals surface area contributed by atoms with Crippen LogP contribution in [0, 0.1) is 12.7 Å². The fourth-order valence-electron chi connectivity index (χ4n) is 2.29. The van der Waals surface area contributed by atoms with Crippen molar-refractivity contribution in [3.05, 3.63) is 70.4 Å². The molecule has 2 N–H and O–H groups in total. The lowest BCUT2D eigenvalue weighted by atomic mass is 10.2. The van der Waals surface area contributed by atoms with E-state index in [0.29, 0.717) is 27.7 Å². The first kappa shape index (κ1) is 17.8. The Morgan fingerprint density at radius 1 is 1.27 bits per heavy atom. The van der Waals surface area contributed by atoms with Crippen LogP contribution in [0.5, 0.6) is 0 Å². The number of hydrogen-bond acceptors (Lipinski definition) is 5. The van der Waals surface area contributed by atoms with Gasteiger partial charge in [0.25, 0.3) is 5.91 Å². The van der Waals surface area contributed by atoms with Crippen LogP contribution in [0.25, 0.3) is 0 Å². The maximum atomic E-state index is 13.5. The van der Waals surface area contributed by atoms with Gasteiger partial charge in [0.05, 0.1) is 23.9 Å². The zero-order valence-electron chi connectivity index (χ0n) is 13.9. The van der Waals surface area contributed by atoms with Gasteiger partial charge >= 0.3 is 0 Å². The van der Waals surface area contributed by atoms with Crippen molar-refractivity contribution in [3.63, 3.8) is 0 Å². The Balaban J connectivity index is 1.53. The molecule has 1 aromatic carbocycles. The zero-order valence-corrected chi connectivity index (χ0v) is 14.7. The highest BCUT2D eigenvalue weighted by molar-refractivity contribution is 7.14. The average Bonchev–Trinajstić information content (AvgIpc) is 3.23. The summed E-state index contributed by atoms with van der Waals surface area (Å²) in [4.78, 5) is 28.3. The minimum atomic E-state index is -0.360. The van der Waals surface area contributed by atoms with Crippen LogP contribution in [-0.4, -0.2) is 16.8 Å². The molecule has 0 unspecified atom stereocenters. The number of benzene rings is 1. The first-order chi connectivity index (χ1) is 12.5. The van der Waals surface area contributed by atoms with Crippen molar-refractivity contribution in [2.75, 3.05) is 5.32 Å². The number of aryl methyl sites for hydroxylation is 1. The van der Waals surface area contributed by atoms with Gasteiger partial charge in [0.1, 0.15) is 11.6 Å². The summed E-state index contributed by atoms with van der Waals surface area (Å²) < 4.78 is 18.6. The van der Waals surface area contributed by atoms with Gasteiger partial charge in [-0.1, -0.05) is 18.2 Å². The molecular weight excluding hydrogens is 357 g/mol. The van der Waals surface area contributed by atoms with Gasteiger partial charge in [0.2, 0.25) is 5.91 Å². The summed E-state index contributed by atoms with van der Waals surface area (Å²) in [6.45, 7) is 1.81. The predicted molar refractivity (Wildman–Crippen MR) is 95.5 cm³/mol. The number of aromatic nitrogens is 1. The van der Waals surface area contributed by atoms with E-state index in [0.717, 1.165) is 0 Å². The summed E-state index contributed by atoms with van der Waals surface area (Å²) in [5.74, 6) is -0.434. The summed E-state index contributed by atoms with van der Waals surface area (Å²) >= 11 is 1.23. The van der Waals surface area contributed by atoms with E-state index < -0.39 is 0 Å². The van der Waals surface area contributed by atoms with Crippen LogP contribution >= 0.6 is 11.3 Å². The molecule has 2 amide bonds. The van der Waals surface area contributed by atoms with Crippen LogP contribution in [0.2, 0.25) is 0 Å². The lowest BCUT2D eigenvalue weighted by Gasteiger charge is -2.05. The molecule has 2 aromatic heterocycles. The highest BCUT2D eigenvalue weighted by atomic mass is 32.1. The highest BCUT2D eigenvalue weighted by Crippen LogP contribution is 2.18. The van der Waals surface area contributed by atoms with Crippen molar-refractivity contribution in [3.8, 4) is 0 Å². The van der Waals surface area contributed by atoms with E-state index in [1.165, 1.54) is 23.7 Å². The molecule has 0 saturated heterocycles. The Hall–Kier alpha value is -3.00. The van der Waals surface area contributed by atoms with Crippen molar-refractivity contribution < 1.29 is 18.4 Å². The van der Waals surface area contributed by atoms with E-state index in [1.54, 1.807) is 36.6 Å². The molecule has 0 fully saturated rings. The first-order valence-electron chi connectivity index (χ1n) is 7.83. The maximum absolute atomic E-state index is 13.5. The van der Waals surface area contributed by atoms with Crippen molar-refractivity contribution in [2.45, 2.75) is 19.9 Å². The van der Waals surface area contributed by atoms with Crippen LogP contribution < -0.4 is 10.6 Å². The molecule has 0 bridgehead atoms. The van der Waals surface area contributed by atoms with Gasteiger partial charge in [0.15, 0.2) is 5.13 Å². The van der Waals surface area contributed by atoms with E-state index in [2.05, 4.69) is 15.6 Å². The van der Waals surface area contributed by atoms with E-state index in [-0.39, 0.29) is 30.6 Å². The number of nitrogens with one attached hydrogen (secondary N) is 2. The second kappa shape index (κ2) is 7.92. The molecule has 0 aliphatic carbocycles. The molecule has 6 nitrogen and oxygen atoms in total. The summed E-state index contributed by atoms with van der Waals surface area (Å²) in [6, 6.07) is 7.84. The van der Waals surface area contributed by atoms with Crippen LogP contribution in [0.1, 0.15) is 27.4 Å². The highest BCUT2D eigenvalue weighted by Gasteiger charge is 2.14. The van der Waals surface area contributed by atoms with E-state index in [1.807, 2.05) is 0 Å². The van der Waals surface area contributed by atoms with Crippen LogP contribution in [0.3, 0.4) is 0 Å². The molecule has 8 heteroatoms. The fraction of sp³-hybridized carbons (Fsp3) is 0.167. The third kappa shape index (κ3) is 4.34. The largest absolute Gasteiger partial charge is 0.469 e. The Morgan fingerprint density at radius 3 is 2.81 bits per heavy atom. The quantitative estimate of drug-likeness (QED) is 0.694. The third-order valence-corrected chi connectivity index (χ3v) is 4.46. The number of amides is 2. The van der Waals surface area contributed by atoms with Gasteiger partial charge < -0.3 is 9.73 Å². The summed E-state index contributed by atoms with van der Waals surface area (Å²) in [6.07, 6.45) is 1.49. The van der Waals surface area contributed by atoms with Gasteiger partial charge in [-0.3, -0.25) is 14.9 Å². The van der Waals surface area contributed by atoms with Crippen LogP contribution in [-0.2, 0) is 17.8 Å². The fourth-order valence-corrected chi connectivity index (χ4v) is 3.00. The smallest absolute Gasteiger partial charge is 0.260 e. The number of halogens is 1. The van der Waals surface area contributed by atoms with Gasteiger partial charge in [-0.15, -0.1) is 11.3 Å². The monoisotopic (exact) mass is 373 g/mol. The number of hydrogen-bond donors (Lipinski definition) is 2. The summed E-state index contributed by atoms with van der Waals surface area (Å²) in [5, 5.41) is 7.42. The Kier molecular flexibility index (Phi) is 5.43. The molecule has 2 heterocycles. The van der Waals surface area contributed by atoms with Gasteiger partial charge in [-0.05, 0) is 19.1 Å². The van der Waals surface area contributed by atoms with Crippen molar-refractivity contribution in [1.29, 1.82) is 0 Å². The molecule has 134 valence electrons. The number of carbonyl (C=O) groups excluding carboxylic acids is 2. The van der Waals surface area contributed by atoms with E-state index in [9.17, 15) is 14.0 Å². The van der Waals surface area contributed by atoms with Crippen molar-refractivity contribution in [1.82, 2.24) is 10.3 Å². The predicted octanol–water partition coefficient (Wildman–Crippen LogP) is 3.29. The lowest BCUT2D eigenvalue weighted by molar-refractivity contribution is -0.120. The number of thiazole rings is 1. The molecular formula is C18H16FN3O3S. The normalized spacial score (nSPS) is 10.5. The van der Waals surface area contributed by atoms with Crippen molar-refractivity contribution in [2.24, 2.45) is 0 Å². The van der Waals surface area contributed by atoms with Crippen molar-refractivity contribution >= 4 is 28.3 Å². The second-order valence-electron chi connectivity index (χ2n) is 5.53. The standard InChI is InChI=1S/C18H16FN3O3S/c1-11-14(6-7-25-11)17(24)22-18-21-13(10-26-18)8-16(23)20-9-12-4-2-3-5-15(12)19/h2-7,10H,8-9H2,1H3,(H,20,23)(H,21,22,24). The topological polar surface area (TPSA) is 84.2 Å². The maximum Gasteiger partial charge on any atom is 0.260 e. The summed E-state index contributed by atoms with van der Waals surface area (Å²) in [5.41, 5.74) is 1.38. The Morgan fingerprint density at radius 2 is 2.08 bits per heavy atom. The molecule has 0 radical (unpaired) electrons. The molecule has 0 spiro atoms. The Labute approximate surface area is 153 Å². The Bertz CT molecular complexity index is 935. The SMILES string of the molecule is Cc1occc1C(=O)Nc1nc(CC(=O)NCc2ccccc2F)cs1. The number of carbonyl (C=O) groups is 2. The average molecular weight is 373 g/mol. The minimum Gasteiger partial charge on any atom is -0.469 e. The van der Waals surface area contributed by atoms with Crippen LogP contribution in [0.4, 0.5) is 9.52 Å². The van der Waals surface area contributed by atoms with Gasteiger partial charge in [-0.2, -0.15) is 0 Å². The number of furan rings is 1. The second-order valence-corrected chi connectivity index (χ2v) is 6.39. The molecule has 0 aliphatic rings. The number of anilines is 1. The molecule has 0 aliphatic heterocycles. The van der Waals surface area contributed by atoms with E-state index >= 15 is 0 Å². The zero-order chi connectivity index (χ0) is 18.5. The molecule has 0 saturated carbocycles. The molecule has 26 heavy (non-hydrogen) atoms. The molecule has 0 atom stereocenters. The summed E-state index contributed by atoms with van der Waals surface area (Å²) in [7, 11) is 0. The number of nitrogens with zero attached hydrogens (tertiary/aromatic N) is 1. The van der Waals surface area contributed by atoms with Crippen LogP contribution in [0.15, 0.2) is 46.4 Å². The number of rotatable bonds is 6.